The van der Waals surface area contributed by atoms with Gasteiger partial charge in [-0.3, -0.25) is 9.59 Å². The molecule has 3 atom stereocenters. The van der Waals surface area contributed by atoms with Crippen LogP contribution in [0.1, 0.15) is 55.5 Å². The number of rotatable bonds is 7. The Balaban J connectivity index is 1.55. The molecule has 0 saturated carbocycles. The van der Waals surface area contributed by atoms with Crippen LogP contribution in [-0.2, 0) is 16.0 Å². The van der Waals surface area contributed by atoms with Crippen LogP contribution in [0.25, 0.3) is 10.9 Å². The molecule has 3 N–H and O–H groups in total. The van der Waals surface area contributed by atoms with E-state index in [9.17, 15) is 20.0 Å². The molecule has 2 aliphatic heterocycles. The summed E-state index contributed by atoms with van der Waals surface area (Å²) in [5, 5.41) is 20.7. The maximum absolute atomic E-state index is 13.6. The first-order chi connectivity index (χ1) is 16.5. The monoisotopic (exact) mass is 462 g/mol. The highest BCUT2D eigenvalue weighted by Crippen LogP contribution is 2.42. The highest BCUT2D eigenvalue weighted by Gasteiger charge is 2.48. The number of nitrogens with one attached hydrogen (secondary N) is 2. The summed E-state index contributed by atoms with van der Waals surface area (Å²) < 4.78 is 0. The summed E-state index contributed by atoms with van der Waals surface area (Å²) >= 11 is 0. The number of aromatic nitrogens is 1. The number of aromatic amines is 1. The third-order valence-corrected chi connectivity index (χ3v) is 7.10. The maximum atomic E-state index is 13.6. The van der Waals surface area contributed by atoms with E-state index in [1.807, 2.05) is 24.3 Å². The van der Waals surface area contributed by atoms with Gasteiger partial charge in [-0.2, -0.15) is 5.23 Å². The average Bonchev–Trinajstić information content (AvgIpc) is 3.22. The lowest BCUT2D eigenvalue weighted by Crippen LogP contribution is -2.99. The van der Waals surface area contributed by atoms with Gasteiger partial charge in [-0.15, -0.1) is 0 Å². The van der Waals surface area contributed by atoms with Crippen molar-refractivity contribution in [2.75, 3.05) is 13.1 Å². The number of carbonyl (C=O) groups is 2. The van der Waals surface area contributed by atoms with Crippen LogP contribution in [0, 0.1) is 5.21 Å². The van der Waals surface area contributed by atoms with Crippen molar-refractivity contribution in [2.24, 2.45) is 0 Å². The van der Waals surface area contributed by atoms with Gasteiger partial charge in [0.15, 0.2) is 5.69 Å². The van der Waals surface area contributed by atoms with Gasteiger partial charge in [0.1, 0.15) is 6.04 Å². The molecule has 0 bridgehead atoms. The Kier molecular flexibility index (Phi) is 6.12. The van der Waals surface area contributed by atoms with Gasteiger partial charge in [0.25, 0.3) is 0 Å². The van der Waals surface area contributed by atoms with E-state index in [-0.39, 0.29) is 24.0 Å². The molecule has 0 radical (unpaired) electrons. The minimum atomic E-state index is -0.998. The predicted molar refractivity (Wildman–Crippen MR) is 127 cm³/mol. The number of nitrogens with zero attached hydrogens (tertiary/aromatic N) is 2. The molecule has 0 aliphatic carbocycles. The first kappa shape index (κ1) is 22.6. The van der Waals surface area contributed by atoms with E-state index < -0.39 is 17.3 Å². The van der Waals surface area contributed by atoms with Crippen LogP contribution in [0.15, 0.2) is 48.5 Å². The SMILES string of the molecule is CCCCCCN1CC(=O)N2C(c3ccc([NH+]([O-])O)cc3)c3[nH]c4ccccc4c3C[C@H]2C1=O. The zero-order valence-corrected chi connectivity index (χ0v) is 19.3. The molecular weight excluding hydrogens is 432 g/mol. The van der Waals surface area contributed by atoms with Gasteiger partial charge in [0, 0.05) is 41.7 Å². The van der Waals surface area contributed by atoms with Gasteiger partial charge < -0.3 is 20.0 Å². The summed E-state index contributed by atoms with van der Waals surface area (Å²) in [7, 11) is 0. The molecule has 2 amide bonds. The van der Waals surface area contributed by atoms with Crippen molar-refractivity contribution in [2.45, 2.75) is 51.1 Å². The van der Waals surface area contributed by atoms with Crippen molar-refractivity contribution in [3.05, 3.63) is 70.6 Å². The molecule has 8 heteroatoms. The summed E-state index contributed by atoms with van der Waals surface area (Å²) in [5.41, 5.74) is 3.90. The van der Waals surface area contributed by atoms with E-state index in [0.717, 1.165) is 53.4 Å². The Morgan fingerprint density at radius 2 is 1.85 bits per heavy atom. The minimum absolute atomic E-state index is 0.000754. The number of fused-ring (bicyclic) bond motifs is 4. The van der Waals surface area contributed by atoms with Crippen LogP contribution < -0.4 is 5.23 Å². The summed E-state index contributed by atoms with van der Waals surface area (Å²) in [6.07, 6.45) is 4.67. The van der Waals surface area contributed by atoms with E-state index in [1.54, 1.807) is 34.1 Å². The first-order valence-corrected chi connectivity index (χ1v) is 12.0. The number of carbonyl (C=O) groups excluding carboxylic acids is 2. The number of quaternary nitrogens is 1. The Morgan fingerprint density at radius 3 is 2.59 bits per heavy atom. The number of para-hydroxylation sites is 1. The van der Waals surface area contributed by atoms with E-state index in [2.05, 4.69) is 11.9 Å². The molecule has 0 spiro atoms. The Labute approximate surface area is 198 Å². The van der Waals surface area contributed by atoms with Crippen LogP contribution >= 0.6 is 0 Å². The molecule has 3 heterocycles. The molecule has 2 unspecified atom stereocenters. The number of unbranched alkanes of at least 4 members (excludes halogenated alkanes) is 3. The van der Waals surface area contributed by atoms with Crippen molar-refractivity contribution in [1.29, 1.82) is 0 Å². The summed E-state index contributed by atoms with van der Waals surface area (Å²) in [6.45, 7) is 2.84. The first-order valence-electron chi connectivity index (χ1n) is 12.0. The summed E-state index contributed by atoms with van der Waals surface area (Å²) in [6, 6.07) is 13.6. The Morgan fingerprint density at radius 1 is 1.09 bits per heavy atom. The fraction of sp³-hybridized carbons (Fsp3) is 0.385. The zero-order valence-electron chi connectivity index (χ0n) is 19.3. The molecule has 34 heavy (non-hydrogen) atoms. The quantitative estimate of drug-likeness (QED) is 0.371. The number of amides is 2. The molecule has 1 saturated heterocycles. The topological polar surface area (TPSA) is 104 Å². The van der Waals surface area contributed by atoms with E-state index in [1.165, 1.54) is 0 Å². The number of hydrogen-bond acceptors (Lipinski definition) is 4. The molecular formula is C26H30N4O4. The number of hydrogen-bond donors (Lipinski definition) is 3. The second kappa shape index (κ2) is 9.21. The molecule has 2 aliphatic rings. The standard InChI is InChI=1S/C26H30N4O4/c1-2-3-4-7-14-28-16-23(31)29-22(26(28)32)15-20-19-8-5-6-9-21(19)27-24(20)25(29)17-10-12-18(13-11-17)30(33)34/h5-6,8-13,22,25,27,30,33H,2-4,7,14-16H2,1H3/t22-,25?/m0/s1. The van der Waals surface area contributed by atoms with Gasteiger partial charge in [-0.05, 0) is 23.6 Å². The fourth-order valence-corrected chi connectivity index (χ4v) is 5.40. The van der Waals surface area contributed by atoms with Gasteiger partial charge >= 0.3 is 0 Å². The fourth-order valence-electron chi connectivity index (χ4n) is 5.40. The third-order valence-electron chi connectivity index (χ3n) is 7.10. The molecule has 1 aromatic heterocycles. The largest absolute Gasteiger partial charge is 0.595 e. The average molecular weight is 463 g/mol. The van der Waals surface area contributed by atoms with Crippen LogP contribution in [0.3, 0.4) is 0 Å². The minimum Gasteiger partial charge on any atom is -0.595 e. The summed E-state index contributed by atoms with van der Waals surface area (Å²) in [4.78, 5) is 34.0. The van der Waals surface area contributed by atoms with Crippen LogP contribution in [0.5, 0.6) is 0 Å². The van der Waals surface area contributed by atoms with Crippen molar-refractivity contribution >= 4 is 28.4 Å². The van der Waals surface area contributed by atoms with Crippen molar-refractivity contribution in [3.8, 4) is 0 Å². The Bertz CT molecular complexity index is 1200. The van der Waals surface area contributed by atoms with Crippen LogP contribution in [0.4, 0.5) is 5.69 Å². The molecule has 5 rings (SSSR count). The van der Waals surface area contributed by atoms with E-state index in [0.29, 0.717) is 13.0 Å². The smallest absolute Gasteiger partial charge is 0.246 e. The predicted octanol–water partition coefficient (Wildman–Crippen LogP) is 2.84. The van der Waals surface area contributed by atoms with Gasteiger partial charge in [-0.1, -0.05) is 56.5 Å². The van der Waals surface area contributed by atoms with Crippen molar-refractivity contribution in [1.82, 2.24) is 14.8 Å². The van der Waals surface area contributed by atoms with Crippen LogP contribution in [0.2, 0.25) is 0 Å². The molecule has 8 nitrogen and oxygen atoms in total. The lowest BCUT2D eigenvalue weighted by molar-refractivity contribution is -0.991. The zero-order chi connectivity index (χ0) is 23.8. The van der Waals surface area contributed by atoms with Gasteiger partial charge in [0.05, 0.1) is 12.6 Å². The number of benzene rings is 2. The lowest BCUT2D eigenvalue weighted by Gasteiger charge is -2.47. The van der Waals surface area contributed by atoms with Crippen molar-refractivity contribution < 1.29 is 20.0 Å². The molecule has 178 valence electrons. The molecule has 2 aromatic carbocycles. The van der Waals surface area contributed by atoms with E-state index >= 15 is 0 Å². The second-order valence-electron chi connectivity index (χ2n) is 9.23. The maximum Gasteiger partial charge on any atom is 0.246 e. The lowest BCUT2D eigenvalue weighted by atomic mass is 9.86. The van der Waals surface area contributed by atoms with Crippen LogP contribution in [-0.4, -0.2) is 50.9 Å². The normalized spacial score (nSPS) is 21.0. The number of piperazine rings is 1. The second-order valence-corrected chi connectivity index (χ2v) is 9.23. The van der Waals surface area contributed by atoms with Crippen molar-refractivity contribution in [3.63, 3.8) is 0 Å². The summed E-state index contributed by atoms with van der Waals surface area (Å²) in [5.74, 6) is -0.0732. The Hall–Kier alpha value is -3.20. The molecule has 3 aromatic rings. The highest BCUT2D eigenvalue weighted by molar-refractivity contribution is 5.97. The molecule has 1 fully saturated rings. The van der Waals surface area contributed by atoms with Gasteiger partial charge in [0.2, 0.25) is 11.8 Å². The van der Waals surface area contributed by atoms with E-state index in [4.69, 9.17) is 0 Å². The third kappa shape index (κ3) is 3.87. The number of H-pyrrole nitrogens is 1. The highest BCUT2D eigenvalue weighted by atomic mass is 16.8. The van der Waals surface area contributed by atoms with Gasteiger partial charge in [-0.25, -0.2) is 5.21 Å².